The van der Waals surface area contributed by atoms with Gasteiger partial charge in [0.15, 0.2) is 11.1 Å². The first-order chi connectivity index (χ1) is 8.66. The normalized spacial score (nSPS) is 12.1. The first-order valence-corrected chi connectivity index (χ1v) is 6.72. The average molecular weight is 283 g/mol. The largest absolute Gasteiger partial charge is 0.487 e. The van der Waals surface area contributed by atoms with Crippen LogP contribution in [-0.2, 0) is 17.7 Å². The topological polar surface area (TPSA) is 46.5 Å². The van der Waals surface area contributed by atoms with E-state index in [1.807, 2.05) is 30.3 Å². The Morgan fingerprint density at radius 2 is 1.89 bits per heavy atom. The SMILES string of the molecule is O=S(O)c1ccc(OCc2ccccc2)c(Cl)c1. The number of ether oxygens (including phenoxy) is 1. The smallest absolute Gasteiger partial charge is 0.186 e. The monoisotopic (exact) mass is 282 g/mol. The van der Waals surface area contributed by atoms with Gasteiger partial charge in [0.2, 0.25) is 0 Å². The Bertz CT molecular complexity index is 557. The lowest BCUT2D eigenvalue weighted by molar-refractivity contribution is 0.306. The quantitative estimate of drug-likeness (QED) is 0.873. The van der Waals surface area contributed by atoms with Crippen molar-refractivity contribution < 1.29 is 13.5 Å². The molecule has 0 aliphatic carbocycles. The van der Waals surface area contributed by atoms with E-state index in [1.165, 1.54) is 12.1 Å². The van der Waals surface area contributed by atoms with E-state index in [0.717, 1.165) is 5.56 Å². The van der Waals surface area contributed by atoms with E-state index in [2.05, 4.69) is 0 Å². The Kier molecular flexibility index (Phi) is 4.36. The lowest BCUT2D eigenvalue weighted by Gasteiger charge is -2.08. The molecular weight excluding hydrogens is 272 g/mol. The van der Waals surface area contributed by atoms with E-state index >= 15 is 0 Å². The van der Waals surface area contributed by atoms with Gasteiger partial charge in [-0.25, -0.2) is 4.21 Å². The number of hydrogen-bond acceptors (Lipinski definition) is 2. The first kappa shape index (κ1) is 13.1. The Hall–Kier alpha value is -1.36. The molecule has 0 amide bonds. The van der Waals surface area contributed by atoms with Crippen molar-refractivity contribution in [1.29, 1.82) is 0 Å². The van der Waals surface area contributed by atoms with E-state index in [-0.39, 0.29) is 4.90 Å². The van der Waals surface area contributed by atoms with Crippen LogP contribution in [0.2, 0.25) is 5.02 Å². The third kappa shape index (κ3) is 3.32. The summed E-state index contributed by atoms with van der Waals surface area (Å²) >= 11 is 3.94. The standard InChI is InChI=1S/C13H11ClO3S/c14-12-8-11(18(15)16)6-7-13(12)17-9-10-4-2-1-3-5-10/h1-8H,9H2,(H,15,16). The molecule has 94 valence electrons. The fourth-order valence-electron chi connectivity index (χ4n) is 1.44. The van der Waals surface area contributed by atoms with Crippen LogP contribution >= 0.6 is 11.6 Å². The van der Waals surface area contributed by atoms with E-state index in [9.17, 15) is 4.21 Å². The van der Waals surface area contributed by atoms with Crippen molar-refractivity contribution in [3.63, 3.8) is 0 Å². The van der Waals surface area contributed by atoms with Gasteiger partial charge in [0.1, 0.15) is 12.4 Å². The number of hydrogen-bond donors (Lipinski definition) is 1. The molecule has 5 heteroatoms. The van der Waals surface area contributed by atoms with Crippen LogP contribution in [0.3, 0.4) is 0 Å². The molecule has 1 N–H and O–H groups in total. The zero-order chi connectivity index (χ0) is 13.0. The van der Waals surface area contributed by atoms with E-state index in [0.29, 0.717) is 17.4 Å². The molecule has 2 rings (SSSR count). The predicted octanol–water partition coefficient (Wildman–Crippen LogP) is 3.50. The summed E-state index contributed by atoms with van der Waals surface area (Å²) in [4.78, 5) is 0.257. The molecule has 2 aromatic rings. The van der Waals surface area contributed by atoms with E-state index in [4.69, 9.17) is 20.9 Å². The molecule has 1 atom stereocenters. The zero-order valence-corrected chi connectivity index (χ0v) is 10.9. The summed E-state index contributed by atoms with van der Waals surface area (Å²) < 4.78 is 25.3. The van der Waals surface area contributed by atoms with Crippen LogP contribution in [0.4, 0.5) is 0 Å². The Morgan fingerprint density at radius 1 is 1.17 bits per heavy atom. The molecule has 0 heterocycles. The molecule has 0 aliphatic rings. The van der Waals surface area contributed by atoms with Crippen LogP contribution in [-0.4, -0.2) is 8.76 Å². The van der Waals surface area contributed by atoms with Crippen LogP contribution < -0.4 is 4.74 Å². The second-order valence-corrected chi connectivity index (χ2v) is 4.99. The maximum atomic E-state index is 10.9. The van der Waals surface area contributed by atoms with Crippen molar-refractivity contribution in [2.24, 2.45) is 0 Å². The van der Waals surface area contributed by atoms with Gasteiger partial charge in [-0.3, -0.25) is 0 Å². The molecule has 0 bridgehead atoms. The van der Waals surface area contributed by atoms with Crippen LogP contribution in [0.5, 0.6) is 5.75 Å². The lowest BCUT2D eigenvalue weighted by atomic mass is 10.2. The molecule has 0 fully saturated rings. The van der Waals surface area contributed by atoms with Crippen molar-refractivity contribution in [2.45, 2.75) is 11.5 Å². The molecule has 0 spiro atoms. The fraction of sp³-hybridized carbons (Fsp3) is 0.0769. The second kappa shape index (κ2) is 6.00. The van der Waals surface area contributed by atoms with Crippen molar-refractivity contribution in [3.05, 3.63) is 59.1 Å². The number of halogens is 1. The average Bonchev–Trinajstić information content (AvgIpc) is 2.38. The van der Waals surface area contributed by atoms with Gasteiger partial charge in [-0.1, -0.05) is 41.9 Å². The molecule has 1 unspecified atom stereocenters. The van der Waals surface area contributed by atoms with Gasteiger partial charge in [-0.05, 0) is 23.8 Å². The van der Waals surface area contributed by atoms with Crippen molar-refractivity contribution >= 4 is 22.7 Å². The summed E-state index contributed by atoms with van der Waals surface area (Å²) in [5, 5.41) is 0.325. The van der Waals surface area contributed by atoms with Gasteiger partial charge in [-0.2, -0.15) is 0 Å². The van der Waals surface area contributed by atoms with Crippen LogP contribution in [0.15, 0.2) is 53.4 Å². The minimum absolute atomic E-state index is 0.257. The van der Waals surface area contributed by atoms with E-state index < -0.39 is 11.1 Å². The molecule has 0 saturated carbocycles. The summed E-state index contributed by atoms with van der Waals surface area (Å²) in [6, 6.07) is 14.2. The summed E-state index contributed by atoms with van der Waals surface area (Å²) in [7, 11) is 0. The summed E-state index contributed by atoms with van der Waals surface area (Å²) in [5.74, 6) is 0.495. The van der Waals surface area contributed by atoms with Gasteiger partial charge >= 0.3 is 0 Å². The third-order valence-electron chi connectivity index (χ3n) is 2.34. The Balaban J connectivity index is 2.08. The van der Waals surface area contributed by atoms with Gasteiger partial charge in [0.05, 0.1) is 9.92 Å². The molecule has 0 aliphatic heterocycles. The minimum Gasteiger partial charge on any atom is -0.487 e. The molecule has 2 aromatic carbocycles. The highest BCUT2D eigenvalue weighted by atomic mass is 35.5. The Morgan fingerprint density at radius 3 is 2.50 bits per heavy atom. The highest BCUT2D eigenvalue weighted by Crippen LogP contribution is 2.27. The van der Waals surface area contributed by atoms with Crippen LogP contribution in [0.1, 0.15) is 5.56 Å². The number of rotatable bonds is 4. The van der Waals surface area contributed by atoms with Gasteiger partial charge in [0, 0.05) is 0 Å². The van der Waals surface area contributed by atoms with Crippen molar-refractivity contribution in [1.82, 2.24) is 0 Å². The van der Waals surface area contributed by atoms with Crippen molar-refractivity contribution in [2.75, 3.05) is 0 Å². The highest BCUT2D eigenvalue weighted by molar-refractivity contribution is 7.79. The van der Waals surface area contributed by atoms with Crippen LogP contribution in [0.25, 0.3) is 0 Å². The molecule has 18 heavy (non-hydrogen) atoms. The predicted molar refractivity (Wildman–Crippen MR) is 71.3 cm³/mol. The Labute approximate surface area is 113 Å². The summed E-state index contributed by atoms with van der Waals surface area (Å²) in [5.41, 5.74) is 1.03. The zero-order valence-electron chi connectivity index (χ0n) is 9.38. The van der Waals surface area contributed by atoms with Gasteiger partial charge in [-0.15, -0.1) is 0 Å². The minimum atomic E-state index is -2.03. The maximum Gasteiger partial charge on any atom is 0.186 e. The molecular formula is C13H11ClO3S. The molecule has 0 aromatic heterocycles. The highest BCUT2D eigenvalue weighted by Gasteiger charge is 2.06. The first-order valence-electron chi connectivity index (χ1n) is 5.24. The summed E-state index contributed by atoms with van der Waals surface area (Å²) in [6.45, 7) is 0.405. The van der Waals surface area contributed by atoms with E-state index in [1.54, 1.807) is 6.07 Å². The fourth-order valence-corrected chi connectivity index (χ4v) is 2.15. The number of benzene rings is 2. The second-order valence-electron chi connectivity index (χ2n) is 3.62. The van der Waals surface area contributed by atoms with Gasteiger partial charge in [0.25, 0.3) is 0 Å². The molecule has 0 saturated heterocycles. The van der Waals surface area contributed by atoms with Crippen LogP contribution in [0, 0.1) is 0 Å². The third-order valence-corrected chi connectivity index (χ3v) is 3.29. The summed E-state index contributed by atoms with van der Waals surface area (Å²) in [6.07, 6.45) is 0. The molecule has 0 radical (unpaired) electrons. The lowest BCUT2D eigenvalue weighted by Crippen LogP contribution is -1.96. The maximum absolute atomic E-state index is 10.9. The molecule has 3 nitrogen and oxygen atoms in total. The van der Waals surface area contributed by atoms with Gasteiger partial charge < -0.3 is 9.29 Å². The van der Waals surface area contributed by atoms with Crippen molar-refractivity contribution in [3.8, 4) is 5.75 Å².